The average Bonchev–Trinajstić information content (AvgIpc) is 2.95. The molecule has 136 valence electrons. The summed E-state index contributed by atoms with van der Waals surface area (Å²) in [5, 5.41) is 0. The zero-order valence-electron chi connectivity index (χ0n) is 13.4. The molecule has 0 N–H and O–H groups in total. The summed E-state index contributed by atoms with van der Waals surface area (Å²) in [6, 6.07) is 9.32. The predicted molar refractivity (Wildman–Crippen MR) is 84.1 cm³/mol. The van der Waals surface area contributed by atoms with Crippen molar-refractivity contribution >= 4 is 0 Å². The molecule has 0 amide bonds. The van der Waals surface area contributed by atoms with Gasteiger partial charge in [0.1, 0.15) is 5.82 Å². The molecule has 0 fully saturated rings. The van der Waals surface area contributed by atoms with Gasteiger partial charge in [0.2, 0.25) is 0 Å². The summed E-state index contributed by atoms with van der Waals surface area (Å²) in [6.07, 6.45) is -7.64. The number of imidazole rings is 1. The average molecular weight is 370 g/mol. The van der Waals surface area contributed by atoms with Gasteiger partial charge in [0, 0.05) is 18.2 Å². The fraction of sp³-hybridized carbons (Fsp3) is 0.167. The van der Waals surface area contributed by atoms with Crippen LogP contribution in [0.3, 0.4) is 0 Å². The van der Waals surface area contributed by atoms with Crippen molar-refractivity contribution in [2.45, 2.75) is 12.4 Å². The number of hydrogen-bond donors (Lipinski definition) is 0. The van der Waals surface area contributed by atoms with Crippen molar-refractivity contribution in [3.63, 3.8) is 0 Å². The van der Waals surface area contributed by atoms with Gasteiger partial charge in [0.15, 0.2) is 0 Å². The smallest absolute Gasteiger partial charge is 0.327 e. The summed E-state index contributed by atoms with van der Waals surface area (Å²) in [5.74, 6) is 0.225. The Balaban J connectivity index is 2.05. The zero-order valence-corrected chi connectivity index (χ0v) is 13.4. The van der Waals surface area contributed by atoms with Crippen LogP contribution < -0.4 is 0 Å². The predicted octanol–water partition coefficient (Wildman–Crippen LogP) is 5.79. The van der Waals surface area contributed by atoms with E-state index in [0.29, 0.717) is 5.69 Å². The van der Waals surface area contributed by atoms with Gasteiger partial charge in [-0.15, -0.1) is 0 Å². The molecule has 0 aliphatic rings. The lowest BCUT2D eigenvalue weighted by Crippen LogP contribution is -2.05. The first-order chi connectivity index (χ1) is 12.1. The van der Waals surface area contributed by atoms with Crippen molar-refractivity contribution < 1.29 is 26.3 Å². The van der Waals surface area contributed by atoms with Gasteiger partial charge >= 0.3 is 12.4 Å². The number of nitrogens with zero attached hydrogens (tertiary/aromatic N) is 2. The first-order valence-electron chi connectivity index (χ1n) is 7.44. The third-order valence-corrected chi connectivity index (χ3v) is 3.92. The molecular formula is C18H12F6N2. The van der Waals surface area contributed by atoms with E-state index in [-0.39, 0.29) is 17.0 Å². The van der Waals surface area contributed by atoms with E-state index < -0.39 is 23.5 Å². The van der Waals surface area contributed by atoms with E-state index >= 15 is 0 Å². The Morgan fingerprint density at radius 2 is 1.27 bits per heavy atom. The van der Waals surface area contributed by atoms with Gasteiger partial charge in [0.25, 0.3) is 0 Å². The van der Waals surface area contributed by atoms with E-state index in [2.05, 4.69) is 4.98 Å². The van der Waals surface area contributed by atoms with Gasteiger partial charge in [-0.25, -0.2) is 4.98 Å². The van der Waals surface area contributed by atoms with Crippen LogP contribution in [0.5, 0.6) is 0 Å². The van der Waals surface area contributed by atoms with Gasteiger partial charge in [-0.3, -0.25) is 0 Å². The topological polar surface area (TPSA) is 17.8 Å². The van der Waals surface area contributed by atoms with Crippen LogP contribution in [0.15, 0.2) is 54.7 Å². The van der Waals surface area contributed by atoms with Crippen LogP contribution in [0.2, 0.25) is 0 Å². The highest BCUT2D eigenvalue weighted by atomic mass is 19.4. The van der Waals surface area contributed by atoms with Crippen molar-refractivity contribution in [1.29, 1.82) is 0 Å². The molecule has 0 aliphatic carbocycles. The maximum absolute atomic E-state index is 12.9. The Bertz CT molecular complexity index is 862. The molecule has 1 heterocycles. The summed E-state index contributed by atoms with van der Waals surface area (Å²) in [7, 11) is 1.54. The van der Waals surface area contributed by atoms with E-state index in [1.54, 1.807) is 0 Å². The van der Waals surface area contributed by atoms with Crippen LogP contribution in [0, 0.1) is 0 Å². The molecule has 0 saturated carbocycles. The lowest BCUT2D eigenvalue weighted by molar-refractivity contribution is -0.138. The lowest BCUT2D eigenvalue weighted by atomic mass is 10.1. The monoisotopic (exact) mass is 370 g/mol. The van der Waals surface area contributed by atoms with Crippen LogP contribution in [0.4, 0.5) is 26.3 Å². The molecule has 0 aliphatic heterocycles. The van der Waals surface area contributed by atoms with Crippen LogP contribution in [-0.2, 0) is 19.4 Å². The fourth-order valence-electron chi connectivity index (χ4n) is 2.64. The molecule has 26 heavy (non-hydrogen) atoms. The van der Waals surface area contributed by atoms with Crippen LogP contribution >= 0.6 is 0 Å². The summed E-state index contributed by atoms with van der Waals surface area (Å²) in [6.45, 7) is 0. The molecule has 3 aromatic rings. The highest BCUT2D eigenvalue weighted by molar-refractivity contribution is 5.66. The van der Waals surface area contributed by atoms with Gasteiger partial charge in [-0.1, -0.05) is 24.3 Å². The summed E-state index contributed by atoms with van der Waals surface area (Å²) >= 11 is 0. The number of aromatic nitrogens is 2. The standard InChI is InChI=1S/C18H12F6N2/c1-26-15(11-4-2-6-13(8-11)17(19,20)21)10-25-16(26)12-5-3-7-14(9-12)18(22,23)24/h2-10H,1H3. The van der Waals surface area contributed by atoms with E-state index in [9.17, 15) is 26.3 Å². The Labute approximate surface area is 144 Å². The number of hydrogen-bond acceptors (Lipinski definition) is 1. The van der Waals surface area contributed by atoms with Crippen molar-refractivity contribution in [2.24, 2.45) is 7.05 Å². The number of rotatable bonds is 2. The molecule has 2 nitrogen and oxygen atoms in total. The largest absolute Gasteiger partial charge is 0.416 e. The Morgan fingerprint density at radius 3 is 1.81 bits per heavy atom. The number of benzene rings is 2. The Kier molecular flexibility index (Phi) is 4.29. The third-order valence-electron chi connectivity index (χ3n) is 3.92. The third kappa shape index (κ3) is 3.44. The van der Waals surface area contributed by atoms with Crippen molar-refractivity contribution in [3.05, 3.63) is 65.9 Å². The van der Waals surface area contributed by atoms with Gasteiger partial charge < -0.3 is 4.57 Å². The summed E-state index contributed by atoms with van der Waals surface area (Å²) < 4.78 is 78.7. The summed E-state index contributed by atoms with van der Waals surface area (Å²) in [4.78, 5) is 4.09. The highest BCUT2D eigenvalue weighted by Gasteiger charge is 2.31. The second-order valence-corrected chi connectivity index (χ2v) is 5.68. The molecule has 0 spiro atoms. The van der Waals surface area contributed by atoms with E-state index in [1.165, 1.54) is 42.1 Å². The van der Waals surface area contributed by atoms with E-state index in [4.69, 9.17) is 0 Å². The van der Waals surface area contributed by atoms with Crippen molar-refractivity contribution in [3.8, 4) is 22.6 Å². The van der Waals surface area contributed by atoms with Crippen molar-refractivity contribution in [1.82, 2.24) is 9.55 Å². The molecule has 0 radical (unpaired) electrons. The minimum atomic E-state index is -4.49. The van der Waals surface area contributed by atoms with E-state index in [1.807, 2.05) is 0 Å². The van der Waals surface area contributed by atoms with E-state index in [0.717, 1.165) is 24.3 Å². The van der Waals surface area contributed by atoms with Crippen LogP contribution in [-0.4, -0.2) is 9.55 Å². The molecule has 0 saturated heterocycles. The van der Waals surface area contributed by atoms with Gasteiger partial charge in [-0.2, -0.15) is 26.3 Å². The zero-order chi connectivity index (χ0) is 19.1. The summed E-state index contributed by atoms with van der Waals surface area (Å²) in [5.41, 5.74) is -0.771. The molecule has 1 aromatic heterocycles. The SMILES string of the molecule is Cn1c(-c2cccc(C(F)(F)F)c2)cnc1-c1cccc(C(F)(F)F)c1. The minimum Gasteiger partial charge on any atom is -0.327 e. The Hall–Kier alpha value is -2.77. The Morgan fingerprint density at radius 1 is 0.769 bits per heavy atom. The number of halogens is 6. The highest BCUT2D eigenvalue weighted by Crippen LogP contribution is 2.34. The maximum atomic E-state index is 12.9. The molecule has 0 atom stereocenters. The van der Waals surface area contributed by atoms with Gasteiger partial charge in [-0.05, 0) is 24.3 Å². The van der Waals surface area contributed by atoms with Gasteiger partial charge in [0.05, 0.1) is 23.0 Å². The molecule has 3 rings (SSSR count). The first kappa shape index (κ1) is 18.0. The first-order valence-corrected chi connectivity index (χ1v) is 7.44. The van der Waals surface area contributed by atoms with Crippen molar-refractivity contribution in [2.75, 3.05) is 0 Å². The van der Waals surface area contributed by atoms with Crippen LogP contribution in [0.25, 0.3) is 22.6 Å². The lowest BCUT2D eigenvalue weighted by Gasteiger charge is -2.11. The minimum absolute atomic E-state index is 0.223. The quantitative estimate of drug-likeness (QED) is 0.522. The molecule has 8 heteroatoms. The number of alkyl halides is 6. The fourth-order valence-corrected chi connectivity index (χ4v) is 2.64. The molecule has 2 aromatic carbocycles. The van der Waals surface area contributed by atoms with Crippen LogP contribution in [0.1, 0.15) is 11.1 Å². The maximum Gasteiger partial charge on any atom is 0.416 e. The second-order valence-electron chi connectivity index (χ2n) is 5.68. The molecule has 0 bridgehead atoms. The molecular weight excluding hydrogens is 358 g/mol. The second kappa shape index (κ2) is 6.19. The normalized spacial score (nSPS) is 12.4. The molecule has 0 unspecified atom stereocenters.